The highest BCUT2D eigenvalue weighted by atomic mass is 32.1. The molecule has 2 atom stereocenters. The van der Waals surface area contributed by atoms with Gasteiger partial charge in [0.15, 0.2) is 5.58 Å². The Kier molecular flexibility index (Phi) is 4.26. The summed E-state index contributed by atoms with van der Waals surface area (Å²) in [5.74, 6) is 0.372. The molecule has 2 heterocycles. The standard InChI is InChI=1S/C17H23NO3S/c1-17(2,3)20-16(19)12-6-4-5-11(7-8-12)14-15-13(21-18-14)9-10-22-15/h9-12H,4-8H2,1-3H3. The normalized spacial score (nSPS) is 23.4. The van der Waals surface area contributed by atoms with Crippen LogP contribution in [0.3, 0.4) is 0 Å². The zero-order chi connectivity index (χ0) is 15.7. The molecule has 0 saturated heterocycles. The number of nitrogens with zero attached hydrogens (tertiary/aromatic N) is 1. The Morgan fingerprint density at radius 2 is 2.14 bits per heavy atom. The summed E-state index contributed by atoms with van der Waals surface area (Å²) in [5.41, 5.74) is 1.56. The van der Waals surface area contributed by atoms with E-state index < -0.39 is 5.60 Å². The first-order valence-corrected chi connectivity index (χ1v) is 8.87. The van der Waals surface area contributed by atoms with E-state index in [0.717, 1.165) is 43.4 Å². The molecule has 5 heteroatoms. The first-order valence-electron chi connectivity index (χ1n) is 7.99. The van der Waals surface area contributed by atoms with Crippen LogP contribution in [0.25, 0.3) is 10.3 Å². The van der Waals surface area contributed by atoms with E-state index in [9.17, 15) is 4.79 Å². The van der Waals surface area contributed by atoms with E-state index >= 15 is 0 Å². The Hall–Kier alpha value is -1.36. The third kappa shape index (κ3) is 3.35. The molecule has 2 aromatic rings. The van der Waals surface area contributed by atoms with Crippen LogP contribution >= 0.6 is 11.3 Å². The fourth-order valence-corrected chi connectivity index (χ4v) is 4.03. The third-order valence-corrected chi connectivity index (χ3v) is 5.12. The fraction of sp³-hybridized carbons (Fsp3) is 0.647. The number of carbonyl (C=O) groups is 1. The molecule has 1 aliphatic rings. The van der Waals surface area contributed by atoms with Crippen molar-refractivity contribution in [3.8, 4) is 0 Å². The number of rotatable bonds is 2. The second kappa shape index (κ2) is 6.03. The van der Waals surface area contributed by atoms with Crippen molar-refractivity contribution in [3.05, 3.63) is 17.1 Å². The Morgan fingerprint density at radius 3 is 2.91 bits per heavy atom. The molecule has 4 nitrogen and oxygen atoms in total. The highest BCUT2D eigenvalue weighted by Crippen LogP contribution is 2.38. The van der Waals surface area contributed by atoms with Crippen LogP contribution in [0.4, 0.5) is 0 Å². The summed E-state index contributed by atoms with van der Waals surface area (Å²) < 4.78 is 12.1. The monoisotopic (exact) mass is 321 g/mol. The van der Waals surface area contributed by atoms with Crippen molar-refractivity contribution in [3.63, 3.8) is 0 Å². The largest absolute Gasteiger partial charge is 0.460 e. The van der Waals surface area contributed by atoms with Crippen molar-refractivity contribution in [2.24, 2.45) is 5.92 Å². The Morgan fingerprint density at radius 1 is 1.32 bits per heavy atom. The lowest BCUT2D eigenvalue weighted by Crippen LogP contribution is -2.28. The lowest BCUT2D eigenvalue weighted by Gasteiger charge is -2.23. The highest BCUT2D eigenvalue weighted by molar-refractivity contribution is 7.17. The van der Waals surface area contributed by atoms with Crippen molar-refractivity contribution in [2.45, 2.75) is 64.4 Å². The van der Waals surface area contributed by atoms with Crippen molar-refractivity contribution in [1.82, 2.24) is 5.16 Å². The van der Waals surface area contributed by atoms with Gasteiger partial charge in [-0.1, -0.05) is 11.6 Å². The molecule has 0 aliphatic heterocycles. The smallest absolute Gasteiger partial charge is 0.309 e. The molecular weight excluding hydrogens is 298 g/mol. The molecule has 2 aromatic heterocycles. The number of esters is 1. The number of hydrogen-bond acceptors (Lipinski definition) is 5. The third-order valence-electron chi connectivity index (χ3n) is 4.20. The number of thiophene rings is 1. The fourth-order valence-electron chi connectivity index (χ4n) is 3.15. The molecule has 0 spiro atoms. The van der Waals surface area contributed by atoms with Gasteiger partial charge in [0, 0.05) is 5.92 Å². The quantitative estimate of drug-likeness (QED) is 0.583. The van der Waals surface area contributed by atoms with Gasteiger partial charge in [-0.05, 0) is 57.9 Å². The number of ether oxygens (including phenoxy) is 1. The maximum atomic E-state index is 12.3. The summed E-state index contributed by atoms with van der Waals surface area (Å²) in [6.07, 6.45) is 4.87. The topological polar surface area (TPSA) is 52.3 Å². The van der Waals surface area contributed by atoms with E-state index in [4.69, 9.17) is 9.26 Å². The van der Waals surface area contributed by atoms with Crippen LogP contribution in [-0.2, 0) is 9.53 Å². The van der Waals surface area contributed by atoms with Gasteiger partial charge in [-0.2, -0.15) is 0 Å². The summed E-state index contributed by atoms with van der Waals surface area (Å²) in [7, 11) is 0. The number of aromatic nitrogens is 1. The van der Waals surface area contributed by atoms with Crippen molar-refractivity contribution in [2.75, 3.05) is 0 Å². The van der Waals surface area contributed by atoms with E-state index in [1.54, 1.807) is 11.3 Å². The Labute approximate surface area is 134 Å². The van der Waals surface area contributed by atoms with E-state index in [1.807, 2.05) is 32.2 Å². The van der Waals surface area contributed by atoms with Crippen LogP contribution in [0.1, 0.15) is 64.5 Å². The van der Waals surface area contributed by atoms with Gasteiger partial charge in [-0.15, -0.1) is 11.3 Å². The number of hydrogen-bond donors (Lipinski definition) is 0. The van der Waals surface area contributed by atoms with Gasteiger partial charge in [0.2, 0.25) is 0 Å². The first kappa shape index (κ1) is 15.5. The van der Waals surface area contributed by atoms with E-state index in [2.05, 4.69) is 5.16 Å². The maximum Gasteiger partial charge on any atom is 0.309 e. The SMILES string of the molecule is CC(C)(C)OC(=O)C1CCCC(c2noc3ccsc23)CC1. The second-order valence-electron chi connectivity index (χ2n) is 7.12. The number of carbonyl (C=O) groups excluding carboxylic acids is 1. The van der Waals surface area contributed by atoms with E-state index in [1.165, 1.54) is 4.70 Å². The minimum Gasteiger partial charge on any atom is -0.460 e. The molecule has 0 aromatic carbocycles. The first-order chi connectivity index (χ1) is 10.4. The molecule has 22 heavy (non-hydrogen) atoms. The molecule has 0 amide bonds. The van der Waals surface area contributed by atoms with Crippen molar-refractivity contribution in [1.29, 1.82) is 0 Å². The van der Waals surface area contributed by atoms with Crippen LogP contribution in [0.5, 0.6) is 0 Å². The maximum absolute atomic E-state index is 12.3. The minimum absolute atomic E-state index is 0.0231. The Bertz CT molecular complexity index is 652. The molecule has 1 saturated carbocycles. The van der Waals surface area contributed by atoms with Crippen LogP contribution in [-0.4, -0.2) is 16.7 Å². The summed E-state index contributed by atoms with van der Waals surface area (Å²) in [6.45, 7) is 5.77. The van der Waals surface area contributed by atoms with Crippen LogP contribution < -0.4 is 0 Å². The lowest BCUT2D eigenvalue weighted by atomic mass is 9.95. The van der Waals surface area contributed by atoms with Gasteiger partial charge in [-0.25, -0.2) is 0 Å². The predicted octanol–water partition coefficient (Wildman–Crippen LogP) is 4.89. The summed E-state index contributed by atoms with van der Waals surface area (Å²) in [4.78, 5) is 12.3. The van der Waals surface area contributed by atoms with Crippen LogP contribution in [0.15, 0.2) is 16.0 Å². The molecule has 120 valence electrons. The van der Waals surface area contributed by atoms with Gasteiger partial charge < -0.3 is 9.26 Å². The van der Waals surface area contributed by atoms with Gasteiger partial charge in [0.25, 0.3) is 0 Å². The van der Waals surface area contributed by atoms with Gasteiger partial charge in [0.05, 0.1) is 10.6 Å². The molecule has 0 radical (unpaired) electrons. The molecule has 1 fully saturated rings. The predicted molar refractivity (Wildman–Crippen MR) is 87.0 cm³/mol. The van der Waals surface area contributed by atoms with Crippen molar-refractivity contribution >= 4 is 27.6 Å². The zero-order valence-corrected chi connectivity index (χ0v) is 14.2. The van der Waals surface area contributed by atoms with E-state index in [0.29, 0.717) is 5.92 Å². The second-order valence-corrected chi connectivity index (χ2v) is 8.03. The van der Waals surface area contributed by atoms with E-state index in [-0.39, 0.29) is 11.9 Å². The van der Waals surface area contributed by atoms with Gasteiger partial charge in [0.1, 0.15) is 11.3 Å². The van der Waals surface area contributed by atoms with Crippen molar-refractivity contribution < 1.29 is 14.1 Å². The zero-order valence-electron chi connectivity index (χ0n) is 13.4. The molecular formula is C17H23NO3S. The molecule has 0 bridgehead atoms. The summed E-state index contributed by atoms with van der Waals surface area (Å²) >= 11 is 1.69. The van der Waals surface area contributed by atoms with Crippen LogP contribution in [0, 0.1) is 5.92 Å². The molecule has 1 aliphatic carbocycles. The Balaban J connectivity index is 1.67. The highest BCUT2D eigenvalue weighted by Gasteiger charge is 2.30. The van der Waals surface area contributed by atoms with Crippen LogP contribution in [0.2, 0.25) is 0 Å². The van der Waals surface area contributed by atoms with Gasteiger partial charge in [-0.3, -0.25) is 4.79 Å². The molecule has 3 rings (SSSR count). The average molecular weight is 321 g/mol. The summed E-state index contributed by atoms with van der Waals surface area (Å²) in [5, 5.41) is 6.31. The number of fused-ring (bicyclic) bond motifs is 1. The average Bonchev–Trinajstić information content (AvgIpc) is 2.93. The van der Waals surface area contributed by atoms with Gasteiger partial charge >= 0.3 is 5.97 Å². The lowest BCUT2D eigenvalue weighted by molar-refractivity contribution is -0.160. The summed E-state index contributed by atoms with van der Waals surface area (Å²) in [6, 6.07) is 1.97. The molecule has 0 N–H and O–H groups in total. The molecule has 2 unspecified atom stereocenters. The minimum atomic E-state index is -0.405.